The predicted octanol–water partition coefficient (Wildman–Crippen LogP) is 1.85. The number of quaternary nitrogens is 1. The van der Waals surface area contributed by atoms with Crippen molar-refractivity contribution >= 4 is 11.6 Å². The lowest BCUT2D eigenvalue weighted by Crippen LogP contribution is -3.14. The summed E-state index contributed by atoms with van der Waals surface area (Å²) >= 11 is 0. The maximum atomic E-state index is 13.1. The Morgan fingerprint density at radius 1 is 1.24 bits per heavy atom. The third kappa shape index (κ3) is 4.77. The number of nitrogens with one attached hydrogen (secondary N) is 2. The van der Waals surface area contributed by atoms with Crippen LogP contribution in [-0.2, 0) is 4.79 Å². The largest absolute Gasteiger partial charge is 0.334 e. The van der Waals surface area contributed by atoms with Crippen molar-refractivity contribution in [2.24, 2.45) is 11.8 Å². The van der Waals surface area contributed by atoms with Crippen molar-refractivity contribution < 1.29 is 18.5 Å². The van der Waals surface area contributed by atoms with E-state index < -0.39 is 11.6 Å². The summed E-state index contributed by atoms with van der Waals surface area (Å²) < 4.78 is 25.9. The number of amides is 1. The molecule has 0 saturated carbocycles. The monoisotopic (exact) mass is 297 g/mol. The average molecular weight is 297 g/mol. The van der Waals surface area contributed by atoms with E-state index in [1.165, 1.54) is 17.4 Å². The van der Waals surface area contributed by atoms with E-state index in [1.807, 2.05) is 0 Å². The van der Waals surface area contributed by atoms with Gasteiger partial charge in [-0.15, -0.1) is 0 Å². The molecule has 2 N–H and O–H groups in total. The normalized spacial score (nSPS) is 25.6. The first-order chi connectivity index (χ1) is 9.94. The molecule has 116 valence electrons. The summed E-state index contributed by atoms with van der Waals surface area (Å²) in [6, 6.07) is 3.39. The summed E-state index contributed by atoms with van der Waals surface area (Å²) in [7, 11) is 0. The third-order valence-corrected chi connectivity index (χ3v) is 3.99. The fourth-order valence-electron chi connectivity index (χ4n) is 3.21. The van der Waals surface area contributed by atoms with Crippen LogP contribution in [0.3, 0.4) is 0 Å². The lowest BCUT2D eigenvalue weighted by atomic mass is 9.92. The Labute approximate surface area is 124 Å². The smallest absolute Gasteiger partial charge is 0.230 e. The minimum atomic E-state index is -0.947. The number of hydrogen-bond donors (Lipinski definition) is 2. The van der Waals surface area contributed by atoms with E-state index in [0.717, 1.165) is 31.8 Å². The SMILES string of the molecule is C[C@H]1C[C@H](C)C[NH+](CCC(=O)Nc2ccc(F)c(F)c2)C1. The molecule has 2 atom stereocenters. The molecule has 1 aromatic rings. The Balaban J connectivity index is 1.80. The number of carbonyl (C=O) groups is 1. The van der Waals surface area contributed by atoms with Crippen LogP contribution in [-0.4, -0.2) is 25.5 Å². The van der Waals surface area contributed by atoms with E-state index in [1.54, 1.807) is 0 Å². The fourth-order valence-corrected chi connectivity index (χ4v) is 3.21. The van der Waals surface area contributed by atoms with Gasteiger partial charge in [-0.05, 0) is 18.6 Å². The summed E-state index contributed by atoms with van der Waals surface area (Å²) in [5.41, 5.74) is 0.300. The Hall–Kier alpha value is -1.49. The van der Waals surface area contributed by atoms with E-state index in [9.17, 15) is 13.6 Å². The molecule has 0 radical (unpaired) electrons. The minimum Gasteiger partial charge on any atom is -0.334 e. The predicted molar refractivity (Wildman–Crippen MR) is 78.1 cm³/mol. The van der Waals surface area contributed by atoms with Crippen LogP contribution in [0.15, 0.2) is 18.2 Å². The fraction of sp³-hybridized carbons (Fsp3) is 0.562. The maximum Gasteiger partial charge on any atom is 0.230 e. The first kappa shape index (κ1) is 15.9. The van der Waals surface area contributed by atoms with Crippen molar-refractivity contribution in [3.05, 3.63) is 29.8 Å². The first-order valence-corrected chi connectivity index (χ1v) is 7.52. The highest BCUT2D eigenvalue weighted by Crippen LogP contribution is 2.14. The lowest BCUT2D eigenvalue weighted by molar-refractivity contribution is -0.911. The molecular formula is C16H23F2N2O+. The Morgan fingerprint density at radius 3 is 2.52 bits per heavy atom. The Kier molecular flexibility index (Phi) is 5.28. The zero-order valence-electron chi connectivity index (χ0n) is 12.6. The van der Waals surface area contributed by atoms with Crippen LogP contribution in [0, 0.1) is 23.5 Å². The number of carbonyl (C=O) groups excluding carboxylic acids is 1. The molecule has 1 aromatic carbocycles. The van der Waals surface area contributed by atoms with Gasteiger partial charge in [-0.3, -0.25) is 4.79 Å². The number of likely N-dealkylation sites (tertiary alicyclic amines) is 1. The summed E-state index contributed by atoms with van der Waals surface area (Å²) in [4.78, 5) is 13.3. The van der Waals surface area contributed by atoms with Crippen molar-refractivity contribution in [1.82, 2.24) is 0 Å². The highest BCUT2D eigenvalue weighted by Gasteiger charge is 2.25. The highest BCUT2D eigenvalue weighted by atomic mass is 19.2. The van der Waals surface area contributed by atoms with Gasteiger partial charge in [0.15, 0.2) is 11.6 Å². The van der Waals surface area contributed by atoms with Crippen LogP contribution in [0.25, 0.3) is 0 Å². The van der Waals surface area contributed by atoms with Crippen molar-refractivity contribution in [1.29, 1.82) is 0 Å². The number of halogens is 2. The van der Waals surface area contributed by atoms with Crippen LogP contribution >= 0.6 is 0 Å². The van der Waals surface area contributed by atoms with Crippen LogP contribution in [0.5, 0.6) is 0 Å². The van der Waals surface area contributed by atoms with Gasteiger partial charge in [-0.1, -0.05) is 13.8 Å². The summed E-state index contributed by atoms with van der Waals surface area (Å²) in [6.07, 6.45) is 1.65. The molecule has 3 nitrogen and oxygen atoms in total. The molecule has 1 heterocycles. The molecule has 1 aliphatic heterocycles. The van der Waals surface area contributed by atoms with Crippen LogP contribution < -0.4 is 10.2 Å². The zero-order valence-corrected chi connectivity index (χ0v) is 12.6. The van der Waals surface area contributed by atoms with Gasteiger partial charge < -0.3 is 10.2 Å². The Morgan fingerprint density at radius 2 is 1.90 bits per heavy atom. The molecule has 0 bridgehead atoms. The lowest BCUT2D eigenvalue weighted by Gasteiger charge is -2.31. The van der Waals surface area contributed by atoms with Crippen molar-refractivity contribution in [2.75, 3.05) is 25.0 Å². The van der Waals surface area contributed by atoms with E-state index >= 15 is 0 Å². The number of benzene rings is 1. The van der Waals surface area contributed by atoms with E-state index in [0.29, 0.717) is 23.9 Å². The molecule has 2 rings (SSSR count). The van der Waals surface area contributed by atoms with Gasteiger partial charge in [0.2, 0.25) is 5.91 Å². The molecule has 1 aliphatic rings. The van der Waals surface area contributed by atoms with Gasteiger partial charge in [0, 0.05) is 23.6 Å². The molecule has 0 unspecified atom stereocenters. The van der Waals surface area contributed by atoms with E-state index in [-0.39, 0.29) is 5.91 Å². The molecule has 0 aromatic heterocycles. The molecule has 5 heteroatoms. The number of hydrogen-bond acceptors (Lipinski definition) is 1. The van der Waals surface area contributed by atoms with E-state index in [4.69, 9.17) is 0 Å². The highest BCUT2D eigenvalue weighted by molar-refractivity contribution is 5.90. The quantitative estimate of drug-likeness (QED) is 0.874. The molecule has 1 saturated heterocycles. The van der Waals surface area contributed by atoms with E-state index in [2.05, 4.69) is 19.2 Å². The second kappa shape index (κ2) is 6.98. The average Bonchev–Trinajstić information content (AvgIpc) is 2.40. The zero-order chi connectivity index (χ0) is 15.4. The molecule has 0 aliphatic carbocycles. The van der Waals surface area contributed by atoms with Crippen molar-refractivity contribution in [3.8, 4) is 0 Å². The molecule has 1 fully saturated rings. The summed E-state index contributed by atoms with van der Waals surface area (Å²) in [5, 5.41) is 2.61. The summed E-state index contributed by atoms with van der Waals surface area (Å²) in [6.45, 7) is 7.48. The number of anilines is 1. The van der Waals surface area contributed by atoms with Crippen LogP contribution in [0.1, 0.15) is 26.7 Å². The van der Waals surface area contributed by atoms with Gasteiger partial charge in [-0.2, -0.15) is 0 Å². The van der Waals surface area contributed by atoms with Gasteiger partial charge in [-0.25, -0.2) is 8.78 Å². The second-order valence-electron chi connectivity index (χ2n) is 6.28. The van der Waals surface area contributed by atoms with Gasteiger partial charge in [0.25, 0.3) is 0 Å². The minimum absolute atomic E-state index is 0.153. The van der Waals surface area contributed by atoms with Crippen molar-refractivity contribution in [3.63, 3.8) is 0 Å². The van der Waals surface area contributed by atoms with Gasteiger partial charge in [0.1, 0.15) is 0 Å². The first-order valence-electron chi connectivity index (χ1n) is 7.52. The summed E-state index contributed by atoms with van der Waals surface area (Å²) in [5.74, 6) is -0.624. The topological polar surface area (TPSA) is 33.5 Å². The molecule has 21 heavy (non-hydrogen) atoms. The third-order valence-electron chi connectivity index (χ3n) is 3.99. The van der Waals surface area contributed by atoms with Crippen LogP contribution in [0.4, 0.5) is 14.5 Å². The van der Waals surface area contributed by atoms with Crippen molar-refractivity contribution in [2.45, 2.75) is 26.7 Å². The maximum absolute atomic E-state index is 13.1. The molecular weight excluding hydrogens is 274 g/mol. The standard InChI is InChI=1S/C16H22F2N2O/c1-11-7-12(2)10-20(9-11)6-5-16(21)19-13-3-4-14(17)15(18)8-13/h3-4,8,11-12H,5-7,9-10H2,1-2H3,(H,19,21)/p+1/t11-,12-/m0/s1. The number of rotatable bonds is 4. The van der Waals surface area contributed by atoms with Crippen LogP contribution in [0.2, 0.25) is 0 Å². The number of piperidine rings is 1. The Bertz CT molecular complexity index is 497. The van der Waals surface area contributed by atoms with Gasteiger partial charge >= 0.3 is 0 Å². The molecule has 1 amide bonds. The second-order valence-corrected chi connectivity index (χ2v) is 6.28. The molecule has 0 spiro atoms. The van der Waals surface area contributed by atoms with Gasteiger partial charge in [0.05, 0.1) is 26.1 Å².